The fourth-order valence-electron chi connectivity index (χ4n) is 2.60. The third kappa shape index (κ3) is 7.36. The monoisotopic (exact) mass is 490 g/mol. The van der Waals surface area contributed by atoms with Crippen LogP contribution in [0.25, 0.3) is 0 Å². The van der Waals surface area contributed by atoms with Crippen LogP contribution in [0.4, 0.5) is 4.39 Å². The molecular weight excluding hydrogens is 462 g/mol. The Morgan fingerprint density at radius 1 is 1.33 bits per heavy atom. The highest BCUT2D eigenvalue weighted by molar-refractivity contribution is 14.0. The third-order valence-corrected chi connectivity index (χ3v) is 4.12. The molecule has 0 aliphatic carbocycles. The lowest BCUT2D eigenvalue weighted by atomic mass is 10.1. The number of nitrogens with one attached hydrogen (secondary N) is 2. The summed E-state index contributed by atoms with van der Waals surface area (Å²) >= 11 is 0. The first-order valence-electron chi connectivity index (χ1n) is 8.82. The predicted octanol–water partition coefficient (Wildman–Crippen LogP) is 3.61. The number of ether oxygens (including phenoxy) is 1. The number of nitrogens with zero attached hydrogens (tertiary/aromatic N) is 2. The Balaban J connectivity index is 0.00000364. The lowest BCUT2D eigenvalue weighted by molar-refractivity contribution is 0.199. The molecule has 0 bridgehead atoms. The normalized spacial score (nSPS) is 12.3. The van der Waals surface area contributed by atoms with E-state index in [9.17, 15) is 4.39 Å². The van der Waals surface area contributed by atoms with E-state index in [0.717, 1.165) is 29.9 Å². The number of rotatable bonds is 8. The van der Waals surface area contributed by atoms with Gasteiger partial charge in [-0.15, -0.1) is 24.0 Å². The summed E-state index contributed by atoms with van der Waals surface area (Å²) in [5, 5.41) is 10.5. The van der Waals surface area contributed by atoms with Crippen LogP contribution < -0.4 is 15.4 Å². The summed E-state index contributed by atoms with van der Waals surface area (Å²) < 4.78 is 24.3. The number of hydrogen-bond acceptors (Lipinski definition) is 4. The van der Waals surface area contributed by atoms with Crippen molar-refractivity contribution in [1.82, 2.24) is 15.8 Å². The van der Waals surface area contributed by atoms with E-state index in [1.165, 1.54) is 12.1 Å². The lowest BCUT2D eigenvalue weighted by Gasteiger charge is -2.20. The van der Waals surface area contributed by atoms with Gasteiger partial charge in [-0.05, 0) is 38.8 Å². The van der Waals surface area contributed by atoms with E-state index in [2.05, 4.69) is 20.8 Å². The van der Waals surface area contributed by atoms with Crippen LogP contribution in [0.2, 0.25) is 0 Å². The maximum atomic E-state index is 13.3. The van der Waals surface area contributed by atoms with Crippen LogP contribution in [0.5, 0.6) is 5.75 Å². The summed E-state index contributed by atoms with van der Waals surface area (Å²) in [4.78, 5) is 4.22. The van der Waals surface area contributed by atoms with Crippen molar-refractivity contribution >= 4 is 29.9 Å². The summed E-state index contributed by atoms with van der Waals surface area (Å²) in [6.45, 7) is 7.16. The first kappa shape index (κ1) is 23.2. The zero-order valence-electron chi connectivity index (χ0n) is 16.2. The molecule has 2 N–H and O–H groups in total. The fraction of sp³-hybridized carbons (Fsp3) is 0.474. The van der Waals surface area contributed by atoms with E-state index < -0.39 is 0 Å². The molecule has 8 heteroatoms. The Bertz CT molecular complexity index is 717. The third-order valence-electron chi connectivity index (χ3n) is 4.12. The van der Waals surface area contributed by atoms with Gasteiger partial charge < -0.3 is 19.9 Å². The molecule has 150 valence electrons. The van der Waals surface area contributed by atoms with Crippen LogP contribution in [0.3, 0.4) is 0 Å². The smallest absolute Gasteiger partial charge is 0.191 e. The second-order valence-corrected chi connectivity index (χ2v) is 6.04. The van der Waals surface area contributed by atoms with Gasteiger partial charge in [0.15, 0.2) is 5.96 Å². The molecule has 2 aromatic rings. The maximum Gasteiger partial charge on any atom is 0.191 e. The molecule has 0 spiro atoms. The lowest BCUT2D eigenvalue weighted by Crippen LogP contribution is -2.43. The fourth-order valence-corrected chi connectivity index (χ4v) is 2.60. The molecule has 6 nitrogen and oxygen atoms in total. The van der Waals surface area contributed by atoms with Crippen molar-refractivity contribution in [3.05, 3.63) is 47.1 Å². The summed E-state index contributed by atoms with van der Waals surface area (Å²) in [5.74, 6) is 1.77. The maximum absolute atomic E-state index is 13.3. The van der Waals surface area contributed by atoms with Crippen molar-refractivity contribution in [1.29, 1.82) is 0 Å². The molecule has 0 saturated heterocycles. The van der Waals surface area contributed by atoms with E-state index >= 15 is 0 Å². The van der Waals surface area contributed by atoms with E-state index in [-0.39, 0.29) is 35.9 Å². The Hall–Kier alpha value is -1.84. The average Bonchev–Trinajstić information content (AvgIpc) is 2.95. The van der Waals surface area contributed by atoms with E-state index in [1.54, 1.807) is 19.2 Å². The van der Waals surface area contributed by atoms with Crippen LogP contribution >= 0.6 is 24.0 Å². The van der Waals surface area contributed by atoms with Gasteiger partial charge in [0.1, 0.15) is 23.4 Å². The minimum Gasteiger partial charge on any atom is -0.489 e. The van der Waals surface area contributed by atoms with Crippen LogP contribution in [0.1, 0.15) is 30.4 Å². The van der Waals surface area contributed by atoms with Crippen molar-refractivity contribution in [2.24, 2.45) is 4.99 Å². The number of benzene rings is 1. The first-order chi connectivity index (χ1) is 12.5. The van der Waals surface area contributed by atoms with Gasteiger partial charge in [-0.2, -0.15) is 0 Å². The van der Waals surface area contributed by atoms with Gasteiger partial charge in [0.2, 0.25) is 0 Å². The number of guanidine groups is 1. The molecule has 1 aromatic carbocycles. The summed E-state index contributed by atoms with van der Waals surface area (Å²) in [7, 11) is 1.72. The zero-order valence-corrected chi connectivity index (χ0v) is 18.5. The molecule has 1 heterocycles. The second kappa shape index (κ2) is 11.8. The van der Waals surface area contributed by atoms with Gasteiger partial charge in [-0.1, -0.05) is 18.1 Å². The molecule has 0 amide bonds. The van der Waals surface area contributed by atoms with Crippen molar-refractivity contribution < 1.29 is 13.7 Å². The molecule has 1 atom stereocenters. The zero-order chi connectivity index (χ0) is 18.9. The van der Waals surface area contributed by atoms with Crippen LogP contribution in [-0.4, -0.2) is 37.4 Å². The van der Waals surface area contributed by atoms with E-state index in [1.807, 2.05) is 20.8 Å². The van der Waals surface area contributed by atoms with Crippen molar-refractivity contribution in [2.75, 3.05) is 20.1 Å². The second-order valence-electron chi connectivity index (χ2n) is 6.04. The molecule has 1 aromatic heterocycles. The molecule has 0 radical (unpaired) electrons. The average molecular weight is 490 g/mol. The molecule has 1 unspecified atom stereocenters. The molecule has 0 aliphatic rings. The molecule has 27 heavy (non-hydrogen) atoms. The topological polar surface area (TPSA) is 71.7 Å². The predicted molar refractivity (Wildman–Crippen MR) is 116 cm³/mol. The van der Waals surface area contributed by atoms with Crippen LogP contribution in [-0.2, 0) is 6.42 Å². The number of aromatic nitrogens is 1. The van der Waals surface area contributed by atoms with E-state index in [4.69, 9.17) is 9.26 Å². The molecular formula is C19H28FIN4O2. The SMILES string of the molecule is CCC(CNC(=NC)NCCc1c(C)noc1C)Oc1cccc(F)c1.I. The van der Waals surface area contributed by atoms with Gasteiger partial charge in [0, 0.05) is 25.2 Å². The highest BCUT2D eigenvalue weighted by Gasteiger charge is 2.11. The molecule has 2 rings (SSSR count). The highest BCUT2D eigenvalue weighted by atomic mass is 127. The standard InChI is InChI=1S/C19H27FN4O2.HI/c1-5-16(25-17-8-6-7-15(20)11-17)12-23-19(21-4)22-10-9-18-13(2)24-26-14(18)3;/h6-8,11,16H,5,9-10,12H2,1-4H3,(H2,21,22,23);1H. The van der Waals surface area contributed by atoms with Gasteiger partial charge in [-0.3, -0.25) is 4.99 Å². The van der Waals surface area contributed by atoms with Crippen molar-refractivity contribution in [3.8, 4) is 5.75 Å². The molecule has 0 fully saturated rings. The summed E-state index contributed by atoms with van der Waals surface area (Å²) in [6.07, 6.45) is 1.51. The first-order valence-corrected chi connectivity index (χ1v) is 8.82. The van der Waals surface area contributed by atoms with Gasteiger partial charge in [-0.25, -0.2) is 4.39 Å². The number of hydrogen-bond donors (Lipinski definition) is 2. The van der Waals surface area contributed by atoms with Gasteiger partial charge >= 0.3 is 0 Å². The number of aliphatic imine (C=N–C) groups is 1. The summed E-state index contributed by atoms with van der Waals surface area (Å²) in [5.41, 5.74) is 2.04. The van der Waals surface area contributed by atoms with Crippen molar-refractivity contribution in [3.63, 3.8) is 0 Å². The van der Waals surface area contributed by atoms with E-state index in [0.29, 0.717) is 24.8 Å². The number of aryl methyl sites for hydroxylation is 2. The molecule has 0 aliphatic heterocycles. The highest BCUT2D eigenvalue weighted by Crippen LogP contribution is 2.15. The Kier molecular flexibility index (Phi) is 10.1. The van der Waals surface area contributed by atoms with Crippen molar-refractivity contribution in [2.45, 2.75) is 39.7 Å². The van der Waals surface area contributed by atoms with Gasteiger partial charge in [0.25, 0.3) is 0 Å². The minimum absolute atomic E-state index is 0. The molecule has 0 saturated carbocycles. The quantitative estimate of drug-likeness (QED) is 0.336. The number of halogens is 2. The van der Waals surface area contributed by atoms with Crippen LogP contribution in [0.15, 0.2) is 33.8 Å². The summed E-state index contributed by atoms with van der Waals surface area (Å²) in [6, 6.07) is 6.18. The Morgan fingerprint density at radius 3 is 2.70 bits per heavy atom. The van der Waals surface area contributed by atoms with Crippen LogP contribution in [0, 0.1) is 19.7 Å². The Labute approximate surface area is 177 Å². The Morgan fingerprint density at radius 2 is 2.11 bits per heavy atom. The largest absolute Gasteiger partial charge is 0.489 e. The minimum atomic E-state index is -0.304. The van der Waals surface area contributed by atoms with Gasteiger partial charge in [0.05, 0.1) is 12.2 Å².